The third-order valence-electron chi connectivity index (χ3n) is 4.97. The molecule has 2 unspecified atom stereocenters. The van der Waals surface area contributed by atoms with Gasteiger partial charge in [0.1, 0.15) is 5.52 Å². The highest BCUT2D eigenvalue weighted by Crippen LogP contribution is 2.38. The zero-order valence-electron chi connectivity index (χ0n) is 13.9. The van der Waals surface area contributed by atoms with Gasteiger partial charge in [-0.1, -0.05) is 18.9 Å². The van der Waals surface area contributed by atoms with E-state index in [1.165, 1.54) is 0 Å². The van der Waals surface area contributed by atoms with Crippen molar-refractivity contribution in [1.82, 2.24) is 15.0 Å². The van der Waals surface area contributed by atoms with Crippen LogP contribution in [0.5, 0.6) is 0 Å². The SMILES string of the molecule is O=C(Nc1ccnc2cccnc12)C1CCCCC1c1cccnc1. The van der Waals surface area contributed by atoms with E-state index >= 15 is 0 Å². The molecule has 0 aromatic carbocycles. The zero-order valence-corrected chi connectivity index (χ0v) is 13.9. The van der Waals surface area contributed by atoms with E-state index in [-0.39, 0.29) is 17.7 Å². The van der Waals surface area contributed by atoms with Crippen molar-refractivity contribution < 1.29 is 4.79 Å². The largest absolute Gasteiger partial charge is 0.324 e. The lowest BCUT2D eigenvalue weighted by atomic mass is 9.75. The van der Waals surface area contributed by atoms with E-state index in [9.17, 15) is 4.79 Å². The van der Waals surface area contributed by atoms with Crippen LogP contribution in [-0.2, 0) is 4.79 Å². The van der Waals surface area contributed by atoms with Crippen LogP contribution in [0.25, 0.3) is 11.0 Å². The molecule has 5 nitrogen and oxygen atoms in total. The molecular weight excluding hydrogens is 312 g/mol. The van der Waals surface area contributed by atoms with Crippen LogP contribution >= 0.6 is 0 Å². The Morgan fingerprint density at radius 1 is 1.00 bits per heavy atom. The fourth-order valence-electron chi connectivity index (χ4n) is 3.74. The third kappa shape index (κ3) is 3.22. The molecule has 1 saturated carbocycles. The van der Waals surface area contributed by atoms with Gasteiger partial charge in [0, 0.05) is 30.7 Å². The molecule has 2 atom stereocenters. The number of aromatic nitrogens is 3. The number of carbonyl (C=O) groups excluding carboxylic acids is 1. The first-order valence-electron chi connectivity index (χ1n) is 8.73. The monoisotopic (exact) mass is 332 g/mol. The van der Waals surface area contributed by atoms with Crippen molar-refractivity contribution in [3.8, 4) is 0 Å². The maximum atomic E-state index is 13.0. The summed E-state index contributed by atoms with van der Waals surface area (Å²) in [6, 6.07) is 9.58. The number of nitrogens with one attached hydrogen (secondary N) is 1. The van der Waals surface area contributed by atoms with E-state index in [1.54, 1.807) is 18.6 Å². The van der Waals surface area contributed by atoms with Crippen LogP contribution in [0.2, 0.25) is 0 Å². The fraction of sp³-hybridized carbons (Fsp3) is 0.300. The molecule has 1 fully saturated rings. The average molecular weight is 332 g/mol. The van der Waals surface area contributed by atoms with Crippen LogP contribution in [0.1, 0.15) is 37.2 Å². The standard InChI is InChI=1S/C20H20N4O/c25-20(24-18-9-12-22-17-8-4-11-23-19(17)18)16-7-2-1-6-15(16)14-5-3-10-21-13-14/h3-5,8-13,15-16H,1-2,6-7H2,(H,22,24,25). The topological polar surface area (TPSA) is 67.8 Å². The minimum Gasteiger partial charge on any atom is -0.324 e. The highest BCUT2D eigenvalue weighted by Gasteiger charge is 2.32. The van der Waals surface area contributed by atoms with Gasteiger partial charge in [0.2, 0.25) is 5.91 Å². The molecule has 25 heavy (non-hydrogen) atoms. The third-order valence-corrected chi connectivity index (χ3v) is 4.97. The molecule has 5 heteroatoms. The second-order valence-corrected chi connectivity index (χ2v) is 6.50. The van der Waals surface area contributed by atoms with Crippen LogP contribution in [0.15, 0.2) is 55.1 Å². The minimum absolute atomic E-state index is 0.0372. The molecule has 1 aliphatic carbocycles. The molecule has 3 aromatic rings. The van der Waals surface area contributed by atoms with Gasteiger partial charge in [0.25, 0.3) is 0 Å². The molecule has 126 valence electrons. The van der Waals surface area contributed by atoms with E-state index in [1.807, 2.05) is 30.5 Å². The number of carbonyl (C=O) groups is 1. The number of hydrogen-bond acceptors (Lipinski definition) is 4. The summed E-state index contributed by atoms with van der Waals surface area (Å²) in [7, 11) is 0. The van der Waals surface area contributed by atoms with E-state index in [4.69, 9.17) is 0 Å². The molecule has 1 aliphatic rings. The lowest BCUT2D eigenvalue weighted by molar-refractivity contribution is -0.121. The van der Waals surface area contributed by atoms with Crippen molar-refractivity contribution in [3.05, 3.63) is 60.7 Å². The summed E-state index contributed by atoms with van der Waals surface area (Å²) in [6.45, 7) is 0. The van der Waals surface area contributed by atoms with Gasteiger partial charge in [0.05, 0.1) is 11.2 Å². The summed E-state index contributed by atoms with van der Waals surface area (Å²) in [5, 5.41) is 3.09. The quantitative estimate of drug-likeness (QED) is 0.789. The lowest BCUT2D eigenvalue weighted by Crippen LogP contribution is -2.30. The smallest absolute Gasteiger partial charge is 0.228 e. The minimum atomic E-state index is -0.0372. The van der Waals surface area contributed by atoms with E-state index < -0.39 is 0 Å². The Labute approximate surface area is 146 Å². The van der Waals surface area contributed by atoms with Gasteiger partial charge in [-0.15, -0.1) is 0 Å². The Kier molecular flexibility index (Phi) is 4.37. The number of rotatable bonds is 3. The predicted octanol–water partition coefficient (Wildman–Crippen LogP) is 3.94. The predicted molar refractivity (Wildman–Crippen MR) is 97.1 cm³/mol. The molecule has 4 rings (SSSR count). The maximum Gasteiger partial charge on any atom is 0.228 e. The number of hydrogen-bond donors (Lipinski definition) is 1. The van der Waals surface area contributed by atoms with Crippen LogP contribution in [0.4, 0.5) is 5.69 Å². The number of nitrogens with zero attached hydrogens (tertiary/aromatic N) is 3. The van der Waals surface area contributed by atoms with Crippen molar-refractivity contribution in [2.45, 2.75) is 31.6 Å². The van der Waals surface area contributed by atoms with Gasteiger partial charge in [-0.05, 0) is 48.6 Å². The molecule has 1 amide bonds. The van der Waals surface area contributed by atoms with Gasteiger partial charge in [-0.25, -0.2) is 0 Å². The molecule has 1 N–H and O–H groups in total. The van der Waals surface area contributed by atoms with E-state index in [0.717, 1.165) is 48.0 Å². The highest BCUT2D eigenvalue weighted by atomic mass is 16.1. The first-order valence-corrected chi connectivity index (χ1v) is 8.73. The van der Waals surface area contributed by atoms with Crippen molar-refractivity contribution in [3.63, 3.8) is 0 Å². The maximum absolute atomic E-state index is 13.0. The Balaban J connectivity index is 1.60. The van der Waals surface area contributed by atoms with E-state index in [0.29, 0.717) is 0 Å². The average Bonchev–Trinajstić information content (AvgIpc) is 2.69. The number of fused-ring (bicyclic) bond motifs is 1. The molecule has 0 spiro atoms. The fourth-order valence-corrected chi connectivity index (χ4v) is 3.74. The normalized spacial score (nSPS) is 20.3. The highest BCUT2D eigenvalue weighted by molar-refractivity contribution is 6.00. The Bertz CT molecular complexity index is 876. The first kappa shape index (κ1) is 15.7. The Hall–Kier alpha value is -2.82. The number of pyridine rings is 3. The van der Waals surface area contributed by atoms with E-state index in [2.05, 4.69) is 26.3 Å². The second kappa shape index (κ2) is 6.97. The summed E-state index contributed by atoms with van der Waals surface area (Å²) < 4.78 is 0. The zero-order chi connectivity index (χ0) is 17.1. The summed E-state index contributed by atoms with van der Waals surface area (Å²) in [6.07, 6.45) is 11.3. The van der Waals surface area contributed by atoms with Gasteiger partial charge < -0.3 is 5.32 Å². The van der Waals surface area contributed by atoms with Crippen LogP contribution < -0.4 is 5.32 Å². The Morgan fingerprint density at radius 3 is 2.76 bits per heavy atom. The Morgan fingerprint density at radius 2 is 1.88 bits per heavy atom. The van der Waals surface area contributed by atoms with Gasteiger partial charge >= 0.3 is 0 Å². The number of amides is 1. The molecular formula is C20H20N4O. The van der Waals surface area contributed by atoms with Crippen LogP contribution in [0.3, 0.4) is 0 Å². The molecule has 0 radical (unpaired) electrons. The van der Waals surface area contributed by atoms with Crippen molar-refractivity contribution in [2.75, 3.05) is 5.32 Å². The molecule has 0 saturated heterocycles. The van der Waals surface area contributed by atoms with Crippen molar-refractivity contribution in [2.24, 2.45) is 5.92 Å². The molecule has 0 aliphatic heterocycles. The summed E-state index contributed by atoms with van der Waals surface area (Å²) in [5.74, 6) is 0.250. The summed E-state index contributed by atoms with van der Waals surface area (Å²) >= 11 is 0. The first-order chi connectivity index (χ1) is 12.3. The van der Waals surface area contributed by atoms with Gasteiger partial charge in [0.15, 0.2) is 0 Å². The summed E-state index contributed by atoms with van der Waals surface area (Å²) in [5.41, 5.74) is 3.39. The van der Waals surface area contributed by atoms with Gasteiger partial charge in [-0.2, -0.15) is 0 Å². The van der Waals surface area contributed by atoms with Crippen LogP contribution in [-0.4, -0.2) is 20.9 Å². The molecule has 3 aromatic heterocycles. The number of anilines is 1. The second-order valence-electron chi connectivity index (χ2n) is 6.50. The van der Waals surface area contributed by atoms with Crippen LogP contribution in [0, 0.1) is 5.92 Å². The summed E-state index contributed by atoms with van der Waals surface area (Å²) in [4.78, 5) is 25.9. The lowest BCUT2D eigenvalue weighted by Gasteiger charge is -2.30. The molecule has 0 bridgehead atoms. The molecule has 3 heterocycles. The van der Waals surface area contributed by atoms with Crippen molar-refractivity contribution >= 4 is 22.6 Å². The van der Waals surface area contributed by atoms with Gasteiger partial charge in [-0.3, -0.25) is 19.7 Å². The van der Waals surface area contributed by atoms with Crippen molar-refractivity contribution in [1.29, 1.82) is 0 Å².